The molecule has 1 aliphatic rings. The summed E-state index contributed by atoms with van der Waals surface area (Å²) in [6.07, 6.45) is 7.34. The van der Waals surface area contributed by atoms with Gasteiger partial charge in [-0.05, 0) is 25.0 Å². The van der Waals surface area contributed by atoms with Crippen molar-refractivity contribution in [3.8, 4) is 0 Å². The van der Waals surface area contributed by atoms with Crippen molar-refractivity contribution in [1.29, 1.82) is 0 Å². The molecule has 3 heterocycles. The summed E-state index contributed by atoms with van der Waals surface area (Å²) in [6.45, 7) is 1.87. The third-order valence-electron chi connectivity index (χ3n) is 4.04. The number of anilines is 1. The van der Waals surface area contributed by atoms with E-state index in [0.717, 1.165) is 36.2 Å². The first-order valence-electron chi connectivity index (χ1n) is 7.20. The van der Waals surface area contributed by atoms with Gasteiger partial charge in [0.25, 0.3) is 0 Å². The molecule has 21 heavy (non-hydrogen) atoms. The van der Waals surface area contributed by atoms with Gasteiger partial charge in [-0.2, -0.15) is 5.10 Å². The highest BCUT2D eigenvalue weighted by atomic mass is 15.3. The SMILES string of the molecule is c1ccc2c(N3CCC[C@H]3Cn3cncn3)ncnc2c1. The molecule has 1 fully saturated rings. The van der Waals surface area contributed by atoms with Crippen molar-refractivity contribution in [2.45, 2.75) is 25.4 Å². The minimum atomic E-state index is 0.407. The fourth-order valence-corrected chi connectivity index (χ4v) is 3.07. The molecule has 1 aliphatic heterocycles. The van der Waals surface area contributed by atoms with E-state index in [4.69, 9.17) is 0 Å². The Labute approximate surface area is 122 Å². The van der Waals surface area contributed by atoms with Crippen LogP contribution < -0.4 is 4.90 Å². The van der Waals surface area contributed by atoms with E-state index >= 15 is 0 Å². The Morgan fingerprint density at radius 1 is 1.14 bits per heavy atom. The molecule has 6 nitrogen and oxygen atoms in total. The lowest BCUT2D eigenvalue weighted by Gasteiger charge is -2.26. The van der Waals surface area contributed by atoms with E-state index in [1.54, 1.807) is 19.0 Å². The second-order valence-corrected chi connectivity index (χ2v) is 5.32. The zero-order valence-corrected chi connectivity index (χ0v) is 11.6. The van der Waals surface area contributed by atoms with Crippen LogP contribution in [-0.4, -0.2) is 37.3 Å². The van der Waals surface area contributed by atoms with Crippen LogP contribution in [-0.2, 0) is 6.54 Å². The molecule has 0 N–H and O–H groups in total. The van der Waals surface area contributed by atoms with Gasteiger partial charge in [0, 0.05) is 11.9 Å². The maximum atomic E-state index is 4.54. The van der Waals surface area contributed by atoms with Crippen LogP contribution in [0.2, 0.25) is 0 Å². The molecular formula is C15H16N6. The molecule has 0 bridgehead atoms. The van der Waals surface area contributed by atoms with Crippen molar-refractivity contribution in [2.24, 2.45) is 0 Å². The average Bonchev–Trinajstić information content (AvgIpc) is 3.19. The highest BCUT2D eigenvalue weighted by Crippen LogP contribution is 2.29. The summed E-state index contributed by atoms with van der Waals surface area (Å²) in [5, 5.41) is 5.33. The Hall–Kier alpha value is -2.50. The predicted molar refractivity (Wildman–Crippen MR) is 79.9 cm³/mol. The molecule has 2 aromatic heterocycles. The van der Waals surface area contributed by atoms with Crippen molar-refractivity contribution in [1.82, 2.24) is 24.7 Å². The molecular weight excluding hydrogens is 264 g/mol. The minimum Gasteiger partial charge on any atom is -0.351 e. The molecule has 0 unspecified atom stereocenters. The van der Waals surface area contributed by atoms with E-state index in [0.29, 0.717) is 6.04 Å². The van der Waals surface area contributed by atoms with Crippen molar-refractivity contribution in [2.75, 3.05) is 11.4 Å². The van der Waals surface area contributed by atoms with Gasteiger partial charge in [-0.15, -0.1) is 0 Å². The van der Waals surface area contributed by atoms with Crippen LogP contribution in [0.15, 0.2) is 43.2 Å². The van der Waals surface area contributed by atoms with Crippen LogP contribution in [0, 0.1) is 0 Å². The number of nitrogens with zero attached hydrogens (tertiary/aromatic N) is 6. The van der Waals surface area contributed by atoms with Crippen molar-refractivity contribution in [3.63, 3.8) is 0 Å². The Kier molecular flexibility index (Phi) is 2.99. The number of aromatic nitrogens is 5. The van der Waals surface area contributed by atoms with Gasteiger partial charge in [-0.25, -0.2) is 15.0 Å². The number of hydrogen-bond donors (Lipinski definition) is 0. The van der Waals surface area contributed by atoms with Crippen LogP contribution in [0.25, 0.3) is 10.9 Å². The second-order valence-electron chi connectivity index (χ2n) is 5.32. The first-order valence-corrected chi connectivity index (χ1v) is 7.20. The van der Waals surface area contributed by atoms with E-state index in [9.17, 15) is 0 Å². The first kappa shape index (κ1) is 12.3. The Morgan fingerprint density at radius 3 is 3.00 bits per heavy atom. The quantitative estimate of drug-likeness (QED) is 0.733. The summed E-state index contributed by atoms with van der Waals surface area (Å²) in [7, 11) is 0. The van der Waals surface area contributed by atoms with Gasteiger partial charge in [0.15, 0.2) is 0 Å². The maximum Gasteiger partial charge on any atom is 0.140 e. The highest BCUT2D eigenvalue weighted by Gasteiger charge is 2.27. The number of para-hydroxylation sites is 1. The summed E-state index contributed by atoms with van der Waals surface area (Å²) >= 11 is 0. The lowest BCUT2D eigenvalue weighted by molar-refractivity contribution is 0.507. The lowest BCUT2D eigenvalue weighted by Crippen LogP contribution is -2.33. The molecule has 106 valence electrons. The second kappa shape index (κ2) is 5.12. The smallest absolute Gasteiger partial charge is 0.140 e. The summed E-state index contributed by atoms with van der Waals surface area (Å²) in [5.41, 5.74) is 0.994. The highest BCUT2D eigenvalue weighted by molar-refractivity contribution is 5.89. The average molecular weight is 280 g/mol. The topological polar surface area (TPSA) is 59.7 Å². The van der Waals surface area contributed by atoms with E-state index in [-0.39, 0.29) is 0 Å². The van der Waals surface area contributed by atoms with Crippen LogP contribution in [0.1, 0.15) is 12.8 Å². The number of hydrogen-bond acceptors (Lipinski definition) is 5. The van der Waals surface area contributed by atoms with Crippen LogP contribution in [0.4, 0.5) is 5.82 Å². The summed E-state index contributed by atoms with van der Waals surface area (Å²) in [5.74, 6) is 1.03. The minimum absolute atomic E-state index is 0.407. The molecule has 0 spiro atoms. The van der Waals surface area contributed by atoms with Crippen molar-refractivity contribution < 1.29 is 0 Å². The number of benzene rings is 1. The van der Waals surface area contributed by atoms with Crippen molar-refractivity contribution in [3.05, 3.63) is 43.2 Å². The van der Waals surface area contributed by atoms with Gasteiger partial charge < -0.3 is 4.90 Å². The van der Waals surface area contributed by atoms with Crippen LogP contribution in [0.5, 0.6) is 0 Å². The third kappa shape index (κ3) is 2.22. The normalized spacial score (nSPS) is 18.5. The van der Waals surface area contributed by atoms with Gasteiger partial charge >= 0.3 is 0 Å². The van der Waals surface area contributed by atoms with E-state index < -0.39 is 0 Å². The van der Waals surface area contributed by atoms with Gasteiger partial charge in [0.2, 0.25) is 0 Å². The van der Waals surface area contributed by atoms with Crippen LogP contribution >= 0.6 is 0 Å². The Balaban J connectivity index is 1.70. The first-order chi connectivity index (χ1) is 10.4. The molecule has 1 atom stereocenters. The van der Waals surface area contributed by atoms with Gasteiger partial charge in [-0.3, -0.25) is 4.68 Å². The molecule has 1 saturated heterocycles. The fraction of sp³-hybridized carbons (Fsp3) is 0.333. The van der Waals surface area contributed by atoms with E-state index in [1.807, 2.05) is 22.9 Å². The van der Waals surface area contributed by atoms with E-state index in [2.05, 4.69) is 31.0 Å². The molecule has 3 aromatic rings. The maximum absolute atomic E-state index is 4.54. The van der Waals surface area contributed by atoms with Gasteiger partial charge in [0.05, 0.1) is 18.1 Å². The fourth-order valence-electron chi connectivity index (χ4n) is 3.07. The van der Waals surface area contributed by atoms with Crippen molar-refractivity contribution >= 4 is 16.7 Å². The summed E-state index contributed by atoms with van der Waals surface area (Å²) in [6, 6.07) is 8.58. The number of fused-ring (bicyclic) bond motifs is 1. The molecule has 0 saturated carbocycles. The zero-order valence-electron chi connectivity index (χ0n) is 11.6. The zero-order chi connectivity index (χ0) is 14.1. The molecule has 4 rings (SSSR count). The summed E-state index contributed by atoms with van der Waals surface area (Å²) in [4.78, 5) is 15.3. The van der Waals surface area contributed by atoms with E-state index in [1.165, 1.54) is 6.42 Å². The standard InChI is InChI=1S/C15H16N6/c1-2-6-14-13(5-1)15(18-10-17-14)21-7-3-4-12(21)8-20-11-16-9-19-20/h1-2,5-6,9-12H,3-4,7-8H2/t12-/m0/s1. The number of rotatable bonds is 3. The Morgan fingerprint density at radius 2 is 2.10 bits per heavy atom. The van der Waals surface area contributed by atoms with Gasteiger partial charge in [0.1, 0.15) is 24.8 Å². The predicted octanol–water partition coefficient (Wildman–Crippen LogP) is 1.89. The third-order valence-corrected chi connectivity index (χ3v) is 4.04. The summed E-state index contributed by atoms with van der Waals surface area (Å²) < 4.78 is 1.90. The Bertz CT molecular complexity index is 734. The van der Waals surface area contributed by atoms with Gasteiger partial charge in [-0.1, -0.05) is 12.1 Å². The molecule has 1 aromatic carbocycles. The largest absolute Gasteiger partial charge is 0.351 e. The monoisotopic (exact) mass is 280 g/mol. The lowest BCUT2D eigenvalue weighted by atomic mass is 10.2. The van der Waals surface area contributed by atoms with Crippen LogP contribution in [0.3, 0.4) is 0 Å². The molecule has 0 aliphatic carbocycles. The molecule has 0 radical (unpaired) electrons. The molecule has 0 amide bonds. The molecule has 6 heteroatoms.